The Balaban J connectivity index is 2.49. The first-order valence-electron chi connectivity index (χ1n) is 4.24. The van der Waals surface area contributed by atoms with Crippen molar-refractivity contribution in [1.82, 2.24) is 0 Å². The van der Waals surface area contributed by atoms with Gasteiger partial charge >= 0.3 is 5.97 Å². The zero-order chi connectivity index (χ0) is 8.65. The van der Waals surface area contributed by atoms with Crippen LogP contribution in [0.2, 0.25) is 0 Å². The predicted octanol–water partition coefficient (Wildman–Crippen LogP) is 2.14. The van der Waals surface area contributed by atoms with Crippen LogP contribution < -0.4 is 0 Å². The molecule has 0 aromatic heterocycles. The average molecular weight is 156 g/mol. The van der Waals surface area contributed by atoms with E-state index in [1.165, 1.54) is 0 Å². The quantitative estimate of drug-likeness (QED) is 0.679. The summed E-state index contributed by atoms with van der Waals surface area (Å²) in [6.45, 7) is 6.12. The molecule has 64 valence electrons. The zero-order valence-corrected chi connectivity index (χ0v) is 7.42. The first-order chi connectivity index (χ1) is 5.01. The van der Waals surface area contributed by atoms with E-state index < -0.39 is 5.97 Å². The number of aliphatic carboxylic acids is 1. The number of carboxylic acid groups (broad SMARTS) is 1. The molecule has 0 aromatic rings. The Bertz CT molecular complexity index is 176. The fraction of sp³-hybridized carbons (Fsp3) is 0.889. The van der Waals surface area contributed by atoms with E-state index in [9.17, 15) is 4.79 Å². The average Bonchev–Trinajstić information content (AvgIpc) is 2.62. The molecule has 0 spiro atoms. The Labute approximate surface area is 67.6 Å². The predicted molar refractivity (Wildman–Crippen MR) is 43.3 cm³/mol. The molecule has 0 bridgehead atoms. The highest BCUT2D eigenvalue weighted by Gasteiger charge is 2.52. The highest BCUT2D eigenvalue weighted by molar-refractivity contribution is 5.70. The van der Waals surface area contributed by atoms with Crippen molar-refractivity contribution in [2.75, 3.05) is 0 Å². The van der Waals surface area contributed by atoms with Gasteiger partial charge < -0.3 is 5.11 Å². The van der Waals surface area contributed by atoms with Gasteiger partial charge in [0.05, 0.1) is 5.92 Å². The molecule has 2 heteroatoms. The lowest BCUT2D eigenvalue weighted by Gasteiger charge is -2.10. The first-order valence-corrected chi connectivity index (χ1v) is 4.24. The van der Waals surface area contributed by atoms with Crippen LogP contribution in [0.1, 0.15) is 33.6 Å². The summed E-state index contributed by atoms with van der Waals surface area (Å²) in [7, 11) is 0. The van der Waals surface area contributed by atoms with E-state index in [-0.39, 0.29) is 5.92 Å². The molecule has 0 amide bonds. The van der Waals surface area contributed by atoms with Gasteiger partial charge in [-0.2, -0.15) is 0 Å². The monoisotopic (exact) mass is 156 g/mol. The fourth-order valence-corrected chi connectivity index (χ4v) is 1.80. The minimum Gasteiger partial charge on any atom is -0.481 e. The smallest absolute Gasteiger partial charge is 0.306 e. The number of carboxylic acids is 1. The highest BCUT2D eigenvalue weighted by atomic mass is 16.4. The Morgan fingerprint density at radius 1 is 1.82 bits per heavy atom. The molecule has 1 saturated carbocycles. The Hall–Kier alpha value is -0.530. The van der Waals surface area contributed by atoms with Crippen molar-refractivity contribution in [2.24, 2.45) is 17.3 Å². The summed E-state index contributed by atoms with van der Waals surface area (Å²) in [4.78, 5) is 10.6. The maximum absolute atomic E-state index is 10.6. The lowest BCUT2D eigenvalue weighted by molar-refractivity contribution is -0.142. The molecule has 1 rings (SSSR count). The number of carbonyl (C=O) groups is 1. The molecule has 1 fully saturated rings. The van der Waals surface area contributed by atoms with E-state index in [1.54, 1.807) is 0 Å². The molecule has 0 heterocycles. The van der Waals surface area contributed by atoms with Gasteiger partial charge in [-0.1, -0.05) is 27.2 Å². The molecule has 2 nitrogen and oxygen atoms in total. The minimum atomic E-state index is -0.646. The molecule has 3 atom stereocenters. The van der Waals surface area contributed by atoms with Crippen molar-refractivity contribution >= 4 is 5.97 Å². The maximum Gasteiger partial charge on any atom is 0.306 e. The van der Waals surface area contributed by atoms with Crippen LogP contribution in [-0.4, -0.2) is 11.1 Å². The van der Waals surface area contributed by atoms with Gasteiger partial charge in [0.25, 0.3) is 0 Å². The Morgan fingerprint density at radius 3 is 2.64 bits per heavy atom. The zero-order valence-electron chi connectivity index (χ0n) is 7.42. The molecule has 1 aliphatic carbocycles. The van der Waals surface area contributed by atoms with Crippen molar-refractivity contribution in [3.8, 4) is 0 Å². The largest absolute Gasteiger partial charge is 0.481 e. The molecule has 0 aromatic carbocycles. The van der Waals surface area contributed by atoms with E-state index in [4.69, 9.17) is 5.11 Å². The van der Waals surface area contributed by atoms with Crippen LogP contribution in [0.3, 0.4) is 0 Å². The standard InChI is InChI=1S/C9H16O2/c1-4-9(3)5-7(9)6(2)8(10)11/h6-7H,4-5H2,1-3H3,(H,10,11). The van der Waals surface area contributed by atoms with Crippen molar-refractivity contribution in [3.05, 3.63) is 0 Å². The molecule has 1 N–H and O–H groups in total. The summed E-state index contributed by atoms with van der Waals surface area (Å²) in [6, 6.07) is 0. The molecule has 11 heavy (non-hydrogen) atoms. The van der Waals surface area contributed by atoms with E-state index in [0.717, 1.165) is 12.8 Å². The van der Waals surface area contributed by atoms with Gasteiger partial charge in [-0.15, -0.1) is 0 Å². The maximum atomic E-state index is 10.6. The van der Waals surface area contributed by atoms with Crippen molar-refractivity contribution in [3.63, 3.8) is 0 Å². The van der Waals surface area contributed by atoms with Crippen LogP contribution in [0.5, 0.6) is 0 Å². The van der Waals surface area contributed by atoms with Crippen LogP contribution in [0, 0.1) is 17.3 Å². The summed E-state index contributed by atoms with van der Waals surface area (Å²) in [5.74, 6) is -0.378. The lowest BCUT2D eigenvalue weighted by Crippen LogP contribution is -2.15. The topological polar surface area (TPSA) is 37.3 Å². The van der Waals surface area contributed by atoms with Gasteiger partial charge in [-0.25, -0.2) is 0 Å². The van der Waals surface area contributed by atoms with E-state index >= 15 is 0 Å². The molecular weight excluding hydrogens is 140 g/mol. The second-order valence-corrected chi connectivity index (χ2v) is 3.95. The second-order valence-electron chi connectivity index (χ2n) is 3.95. The summed E-state index contributed by atoms with van der Waals surface area (Å²) >= 11 is 0. The Morgan fingerprint density at radius 2 is 2.36 bits per heavy atom. The third-order valence-corrected chi connectivity index (χ3v) is 3.22. The van der Waals surface area contributed by atoms with Gasteiger partial charge in [-0.05, 0) is 17.8 Å². The first kappa shape index (κ1) is 8.57. The van der Waals surface area contributed by atoms with E-state index in [2.05, 4.69) is 13.8 Å². The second kappa shape index (κ2) is 2.50. The van der Waals surface area contributed by atoms with Crippen LogP contribution >= 0.6 is 0 Å². The summed E-state index contributed by atoms with van der Waals surface area (Å²) in [5, 5.41) is 8.72. The third-order valence-electron chi connectivity index (χ3n) is 3.22. The van der Waals surface area contributed by atoms with Crippen molar-refractivity contribution in [2.45, 2.75) is 33.6 Å². The third kappa shape index (κ3) is 1.39. The van der Waals surface area contributed by atoms with Crippen LogP contribution in [0.15, 0.2) is 0 Å². The normalized spacial score (nSPS) is 38.3. The van der Waals surface area contributed by atoms with Gasteiger partial charge in [0.1, 0.15) is 0 Å². The van der Waals surface area contributed by atoms with Crippen molar-refractivity contribution < 1.29 is 9.90 Å². The fourth-order valence-electron chi connectivity index (χ4n) is 1.80. The summed E-state index contributed by atoms with van der Waals surface area (Å²) < 4.78 is 0. The Kier molecular flexibility index (Phi) is 1.95. The van der Waals surface area contributed by atoms with Gasteiger partial charge in [0, 0.05) is 0 Å². The van der Waals surface area contributed by atoms with Gasteiger partial charge in [-0.3, -0.25) is 4.79 Å². The SMILES string of the molecule is CCC1(C)CC1C(C)C(=O)O. The van der Waals surface area contributed by atoms with Gasteiger partial charge in [0.15, 0.2) is 0 Å². The van der Waals surface area contributed by atoms with Crippen LogP contribution in [-0.2, 0) is 4.79 Å². The minimum absolute atomic E-state index is 0.153. The molecule has 1 aliphatic rings. The molecule has 3 unspecified atom stereocenters. The molecule has 0 saturated heterocycles. The van der Waals surface area contributed by atoms with E-state index in [0.29, 0.717) is 11.3 Å². The number of hydrogen-bond acceptors (Lipinski definition) is 1. The molecule has 0 aliphatic heterocycles. The molecule has 0 radical (unpaired) electrons. The number of rotatable bonds is 3. The lowest BCUT2D eigenvalue weighted by atomic mass is 9.96. The summed E-state index contributed by atoms with van der Waals surface area (Å²) in [6.07, 6.45) is 2.20. The summed E-state index contributed by atoms with van der Waals surface area (Å²) in [5.41, 5.74) is 0.331. The number of hydrogen-bond donors (Lipinski definition) is 1. The van der Waals surface area contributed by atoms with Crippen molar-refractivity contribution in [1.29, 1.82) is 0 Å². The highest BCUT2D eigenvalue weighted by Crippen LogP contribution is 2.58. The van der Waals surface area contributed by atoms with Crippen LogP contribution in [0.4, 0.5) is 0 Å². The van der Waals surface area contributed by atoms with E-state index in [1.807, 2.05) is 6.92 Å². The molecular formula is C9H16O2. The van der Waals surface area contributed by atoms with Crippen LogP contribution in [0.25, 0.3) is 0 Å². The van der Waals surface area contributed by atoms with Gasteiger partial charge in [0.2, 0.25) is 0 Å².